The molecule has 0 aliphatic carbocycles. The summed E-state index contributed by atoms with van der Waals surface area (Å²) in [7, 11) is 0. The van der Waals surface area contributed by atoms with Crippen LogP contribution >= 0.6 is 0 Å². The molecule has 0 radical (unpaired) electrons. The van der Waals surface area contributed by atoms with Crippen molar-refractivity contribution in [1.82, 2.24) is 10.6 Å². The molecule has 0 unspecified atom stereocenters. The van der Waals surface area contributed by atoms with Crippen molar-refractivity contribution < 1.29 is 14.0 Å². The summed E-state index contributed by atoms with van der Waals surface area (Å²) in [5, 5.41) is 8.58. The zero-order valence-electron chi connectivity index (χ0n) is 15.3. The van der Waals surface area contributed by atoms with Crippen LogP contribution in [0.1, 0.15) is 35.8 Å². The number of benzene rings is 2. The molecule has 0 aromatic heterocycles. The highest BCUT2D eigenvalue weighted by Crippen LogP contribution is 2.17. The molecule has 0 fully saturated rings. The summed E-state index contributed by atoms with van der Waals surface area (Å²) >= 11 is 0. The Hall–Kier alpha value is -3.17. The average molecular weight is 367 g/mol. The van der Waals surface area contributed by atoms with Crippen molar-refractivity contribution in [2.75, 3.05) is 11.9 Å². The van der Waals surface area contributed by atoms with E-state index in [1.54, 1.807) is 19.1 Å². The van der Waals surface area contributed by atoms with Crippen molar-refractivity contribution in [1.29, 1.82) is 0 Å². The Kier molecular flexibility index (Phi) is 7.09. The molecule has 0 spiro atoms. The maximum atomic E-state index is 12.9. The number of terminal acetylenes is 1. The van der Waals surface area contributed by atoms with Gasteiger partial charge in [-0.3, -0.25) is 14.9 Å². The number of rotatable bonds is 7. The highest BCUT2D eigenvalue weighted by atomic mass is 19.1. The summed E-state index contributed by atoms with van der Waals surface area (Å²) in [5.74, 6) is 1.50. The van der Waals surface area contributed by atoms with Crippen LogP contribution in [0.5, 0.6) is 0 Å². The fourth-order valence-corrected chi connectivity index (χ4v) is 2.50. The van der Waals surface area contributed by atoms with Gasteiger partial charge in [-0.2, -0.15) is 0 Å². The topological polar surface area (TPSA) is 70.2 Å². The van der Waals surface area contributed by atoms with Gasteiger partial charge in [0.2, 0.25) is 5.91 Å². The quantitative estimate of drug-likeness (QED) is 0.659. The standard InChI is InChI=1S/C21H22FN3O2/c1-4-13-23-20(26)15(3)24-14(2)16-7-11-19(12-8-16)25-21(27)17-5-9-18(22)10-6-17/h1,5-12,14-15,24H,13H2,2-3H3,(H,23,26)(H,25,27)/t14-,15-/m0/s1. The van der Waals surface area contributed by atoms with Crippen LogP contribution in [0.2, 0.25) is 0 Å². The molecule has 5 nitrogen and oxygen atoms in total. The van der Waals surface area contributed by atoms with E-state index < -0.39 is 6.04 Å². The molecule has 2 aromatic carbocycles. The summed E-state index contributed by atoms with van der Waals surface area (Å²) in [4.78, 5) is 24.0. The van der Waals surface area contributed by atoms with Crippen LogP contribution < -0.4 is 16.0 Å². The van der Waals surface area contributed by atoms with Gasteiger partial charge < -0.3 is 10.6 Å². The van der Waals surface area contributed by atoms with Crippen molar-refractivity contribution in [2.45, 2.75) is 25.9 Å². The first-order valence-electron chi connectivity index (χ1n) is 8.55. The summed E-state index contributed by atoms with van der Waals surface area (Å²) in [5.41, 5.74) is 1.97. The van der Waals surface area contributed by atoms with Crippen LogP contribution in [0.15, 0.2) is 48.5 Å². The summed E-state index contributed by atoms with van der Waals surface area (Å²) in [6.45, 7) is 3.90. The van der Waals surface area contributed by atoms with Gasteiger partial charge in [0.15, 0.2) is 0 Å². The van der Waals surface area contributed by atoms with E-state index in [0.717, 1.165) is 5.56 Å². The van der Waals surface area contributed by atoms with E-state index in [1.807, 2.05) is 19.1 Å². The maximum Gasteiger partial charge on any atom is 0.255 e. The lowest BCUT2D eigenvalue weighted by Gasteiger charge is -2.20. The molecule has 0 saturated carbocycles. The van der Waals surface area contributed by atoms with E-state index in [1.165, 1.54) is 24.3 Å². The predicted molar refractivity (Wildman–Crippen MR) is 104 cm³/mol. The van der Waals surface area contributed by atoms with E-state index in [0.29, 0.717) is 11.3 Å². The summed E-state index contributed by atoms with van der Waals surface area (Å²) in [6.07, 6.45) is 5.13. The minimum Gasteiger partial charge on any atom is -0.344 e. The molecule has 0 heterocycles. The molecule has 140 valence electrons. The van der Waals surface area contributed by atoms with Gasteiger partial charge in [-0.25, -0.2) is 4.39 Å². The first-order chi connectivity index (χ1) is 12.9. The van der Waals surface area contributed by atoms with Crippen LogP contribution in [-0.2, 0) is 4.79 Å². The number of hydrogen-bond acceptors (Lipinski definition) is 3. The molecular formula is C21H22FN3O2. The van der Waals surface area contributed by atoms with E-state index in [2.05, 4.69) is 21.9 Å². The Bertz CT molecular complexity index is 826. The molecule has 6 heteroatoms. The lowest BCUT2D eigenvalue weighted by Crippen LogP contribution is -2.43. The van der Waals surface area contributed by atoms with Gasteiger partial charge in [0.25, 0.3) is 5.91 Å². The fourth-order valence-electron chi connectivity index (χ4n) is 2.50. The molecule has 2 amide bonds. The normalized spacial score (nSPS) is 12.5. The molecule has 2 aromatic rings. The van der Waals surface area contributed by atoms with Crippen molar-refractivity contribution in [2.24, 2.45) is 0 Å². The number of hydrogen-bond donors (Lipinski definition) is 3. The highest BCUT2D eigenvalue weighted by Gasteiger charge is 2.15. The second kappa shape index (κ2) is 9.51. The van der Waals surface area contributed by atoms with Crippen LogP contribution in [0.4, 0.5) is 10.1 Å². The number of halogens is 1. The zero-order valence-corrected chi connectivity index (χ0v) is 15.3. The van der Waals surface area contributed by atoms with Crippen LogP contribution in [-0.4, -0.2) is 24.4 Å². The third kappa shape index (κ3) is 5.94. The van der Waals surface area contributed by atoms with Crippen molar-refractivity contribution in [3.05, 3.63) is 65.5 Å². The molecular weight excluding hydrogens is 345 g/mol. The van der Waals surface area contributed by atoms with Gasteiger partial charge in [0.1, 0.15) is 5.82 Å². The van der Waals surface area contributed by atoms with Crippen LogP contribution in [0.3, 0.4) is 0 Å². The molecule has 2 rings (SSSR count). The molecule has 0 bridgehead atoms. The highest BCUT2D eigenvalue weighted by molar-refractivity contribution is 6.04. The van der Waals surface area contributed by atoms with E-state index >= 15 is 0 Å². The Labute approximate surface area is 158 Å². The molecule has 0 aliphatic heterocycles. The van der Waals surface area contributed by atoms with E-state index in [9.17, 15) is 14.0 Å². The van der Waals surface area contributed by atoms with Gasteiger partial charge in [0, 0.05) is 17.3 Å². The van der Waals surface area contributed by atoms with Gasteiger partial charge in [-0.05, 0) is 55.8 Å². The Morgan fingerprint density at radius 2 is 1.70 bits per heavy atom. The van der Waals surface area contributed by atoms with Gasteiger partial charge in [-0.15, -0.1) is 6.42 Å². The Morgan fingerprint density at radius 1 is 1.07 bits per heavy atom. The number of anilines is 1. The van der Waals surface area contributed by atoms with E-state index in [4.69, 9.17) is 6.42 Å². The fraction of sp³-hybridized carbons (Fsp3) is 0.238. The second-order valence-corrected chi connectivity index (χ2v) is 6.11. The Balaban J connectivity index is 1.94. The predicted octanol–water partition coefficient (Wildman–Crippen LogP) is 2.87. The first-order valence-corrected chi connectivity index (χ1v) is 8.55. The van der Waals surface area contributed by atoms with Gasteiger partial charge in [0.05, 0.1) is 12.6 Å². The molecule has 2 atom stereocenters. The largest absolute Gasteiger partial charge is 0.344 e. The minimum atomic E-state index is -0.397. The van der Waals surface area contributed by atoms with Gasteiger partial charge >= 0.3 is 0 Å². The van der Waals surface area contributed by atoms with Crippen molar-refractivity contribution >= 4 is 17.5 Å². The maximum absolute atomic E-state index is 12.9. The Morgan fingerprint density at radius 3 is 2.30 bits per heavy atom. The third-order valence-corrected chi connectivity index (χ3v) is 4.03. The van der Waals surface area contributed by atoms with Crippen molar-refractivity contribution in [3.8, 4) is 12.3 Å². The third-order valence-electron chi connectivity index (χ3n) is 4.03. The number of amides is 2. The SMILES string of the molecule is C#CCNC(=O)[C@H](C)N[C@@H](C)c1ccc(NC(=O)c2ccc(F)cc2)cc1. The number of carbonyl (C=O) groups excluding carboxylic acids is 2. The second-order valence-electron chi connectivity index (χ2n) is 6.11. The van der Waals surface area contributed by atoms with Gasteiger partial charge in [-0.1, -0.05) is 18.1 Å². The average Bonchev–Trinajstić information content (AvgIpc) is 2.66. The summed E-state index contributed by atoms with van der Waals surface area (Å²) in [6, 6.07) is 12.2. The molecule has 0 saturated heterocycles. The first kappa shape index (κ1) is 20.1. The smallest absolute Gasteiger partial charge is 0.255 e. The molecule has 27 heavy (non-hydrogen) atoms. The van der Waals surface area contributed by atoms with E-state index in [-0.39, 0.29) is 30.2 Å². The lowest BCUT2D eigenvalue weighted by atomic mass is 10.1. The lowest BCUT2D eigenvalue weighted by molar-refractivity contribution is -0.122. The molecule has 3 N–H and O–H groups in total. The molecule has 0 aliphatic rings. The zero-order chi connectivity index (χ0) is 19.8. The number of carbonyl (C=O) groups is 2. The minimum absolute atomic E-state index is 0.0709. The number of nitrogens with one attached hydrogen (secondary N) is 3. The monoisotopic (exact) mass is 367 g/mol. The van der Waals surface area contributed by atoms with Crippen LogP contribution in [0, 0.1) is 18.2 Å². The van der Waals surface area contributed by atoms with Crippen molar-refractivity contribution in [3.63, 3.8) is 0 Å². The van der Waals surface area contributed by atoms with Crippen LogP contribution in [0.25, 0.3) is 0 Å². The summed E-state index contributed by atoms with van der Waals surface area (Å²) < 4.78 is 12.9.